The fourth-order valence-corrected chi connectivity index (χ4v) is 2.29. The zero-order chi connectivity index (χ0) is 10.1. The van der Waals surface area contributed by atoms with E-state index in [2.05, 4.69) is 30.5 Å². The van der Waals surface area contributed by atoms with Crippen LogP contribution in [0, 0.1) is 0 Å². The van der Waals surface area contributed by atoms with Gasteiger partial charge in [0.05, 0.1) is 16.6 Å². The summed E-state index contributed by atoms with van der Waals surface area (Å²) in [6, 6.07) is 0. The number of aromatic nitrogens is 2. The molecule has 0 aliphatic rings. The molecule has 0 fully saturated rings. The van der Waals surface area contributed by atoms with Crippen LogP contribution in [0.25, 0.3) is 0 Å². The second kappa shape index (κ2) is 3.84. The number of nitrogens with two attached hydrogens (primary N) is 1. The van der Waals surface area contributed by atoms with Gasteiger partial charge in [0, 0.05) is 7.05 Å². The first-order valence-electron chi connectivity index (χ1n) is 4.15. The van der Waals surface area contributed by atoms with Gasteiger partial charge in [0.15, 0.2) is 5.95 Å². The maximum atomic E-state index is 5.66. The normalized spacial score (nSPS) is 15.7. The second-order valence-corrected chi connectivity index (χ2v) is 4.87. The van der Waals surface area contributed by atoms with E-state index >= 15 is 0 Å². The van der Waals surface area contributed by atoms with Crippen LogP contribution in [0.3, 0.4) is 0 Å². The van der Waals surface area contributed by atoms with E-state index in [1.807, 2.05) is 17.8 Å². The molecule has 2 N–H and O–H groups in total. The molecule has 0 aliphatic heterocycles. The zero-order valence-corrected chi connectivity index (χ0v) is 9.82. The van der Waals surface area contributed by atoms with Crippen molar-refractivity contribution in [3.63, 3.8) is 0 Å². The van der Waals surface area contributed by atoms with E-state index in [0.29, 0.717) is 5.95 Å². The Hall–Kier alpha value is -0.290. The van der Waals surface area contributed by atoms with Gasteiger partial charge in [-0.3, -0.25) is 0 Å². The Kier molecular flexibility index (Phi) is 3.18. The Morgan fingerprint density at radius 2 is 2.38 bits per heavy atom. The van der Waals surface area contributed by atoms with Crippen LogP contribution in [0.5, 0.6) is 0 Å². The maximum Gasteiger partial charge on any atom is 0.200 e. The summed E-state index contributed by atoms with van der Waals surface area (Å²) in [5, 5.41) is 0. The molecule has 5 heteroatoms. The summed E-state index contributed by atoms with van der Waals surface area (Å²) in [6.45, 7) is 4.27. The Balaban J connectivity index is 3.12. The number of nitrogen functional groups attached to an aromatic ring is 1. The van der Waals surface area contributed by atoms with Crippen molar-refractivity contribution in [1.29, 1.82) is 0 Å². The highest BCUT2D eigenvalue weighted by atomic mass is 33.1. The number of hydrogen-bond donors (Lipinski definition) is 2. The molecule has 0 saturated carbocycles. The van der Waals surface area contributed by atoms with Crippen LogP contribution in [-0.4, -0.2) is 9.55 Å². The van der Waals surface area contributed by atoms with Gasteiger partial charge < -0.3 is 10.3 Å². The predicted octanol–water partition coefficient (Wildman–Crippen LogP) is 2.21. The van der Waals surface area contributed by atoms with Crippen molar-refractivity contribution in [3.05, 3.63) is 11.9 Å². The lowest BCUT2D eigenvalue weighted by atomic mass is 10.0. The Morgan fingerprint density at radius 1 is 1.77 bits per heavy atom. The van der Waals surface area contributed by atoms with E-state index in [4.69, 9.17) is 5.73 Å². The van der Waals surface area contributed by atoms with Gasteiger partial charge in [-0.25, -0.2) is 4.98 Å². The molecule has 0 aromatic carbocycles. The summed E-state index contributed by atoms with van der Waals surface area (Å²) >= 11 is 4.28. The van der Waals surface area contributed by atoms with Crippen LogP contribution in [0.1, 0.15) is 26.0 Å². The minimum absolute atomic E-state index is 0.0114. The lowest BCUT2D eigenvalue weighted by molar-refractivity contribution is 0.616. The molecule has 0 amide bonds. The molecule has 1 heterocycles. The molecule has 0 aliphatic carbocycles. The van der Waals surface area contributed by atoms with E-state index < -0.39 is 0 Å². The SMILES string of the molecule is CCC(C)(SS)c1cnc(N)n1C. The fraction of sp³-hybridized carbons (Fsp3) is 0.625. The molecule has 1 unspecified atom stereocenters. The molecule has 3 nitrogen and oxygen atoms in total. The van der Waals surface area contributed by atoms with Crippen LogP contribution in [0.2, 0.25) is 0 Å². The third-order valence-corrected chi connectivity index (χ3v) is 4.55. The van der Waals surface area contributed by atoms with Gasteiger partial charge in [-0.2, -0.15) is 0 Å². The highest BCUT2D eigenvalue weighted by Crippen LogP contribution is 2.41. The zero-order valence-electron chi connectivity index (χ0n) is 8.11. The van der Waals surface area contributed by atoms with E-state index in [9.17, 15) is 0 Å². The lowest BCUT2D eigenvalue weighted by Crippen LogP contribution is -2.18. The Labute approximate surface area is 87.9 Å². The van der Waals surface area contributed by atoms with Gasteiger partial charge in [0.25, 0.3) is 0 Å². The van der Waals surface area contributed by atoms with Gasteiger partial charge >= 0.3 is 0 Å². The van der Waals surface area contributed by atoms with Crippen molar-refractivity contribution in [2.75, 3.05) is 5.73 Å². The molecule has 13 heavy (non-hydrogen) atoms. The van der Waals surface area contributed by atoms with Crippen molar-refractivity contribution >= 4 is 28.4 Å². The van der Waals surface area contributed by atoms with Crippen LogP contribution >= 0.6 is 22.5 Å². The topological polar surface area (TPSA) is 43.8 Å². The predicted molar refractivity (Wildman–Crippen MR) is 61.8 cm³/mol. The van der Waals surface area contributed by atoms with Crippen molar-refractivity contribution in [1.82, 2.24) is 9.55 Å². The number of anilines is 1. The largest absolute Gasteiger partial charge is 0.369 e. The maximum absolute atomic E-state index is 5.66. The van der Waals surface area contributed by atoms with Gasteiger partial charge in [-0.15, -0.1) is 11.7 Å². The second-order valence-electron chi connectivity index (χ2n) is 3.24. The van der Waals surface area contributed by atoms with Gasteiger partial charge in [0.2, 0.25) is 0 Å². The molecular formula is C8H15N3S2. The van der Waals surface area contributed by atoms with E-state index in [1.54, 1.807) is 0 Å². The summed E-state index contributed by atoms with van der Waals surface area (Å²) in [7, 11) is 3.46. The number of nitrogens with zero attached hydrogens (tertiary/aromatic N) is 2. The summed E-state index contributed by atoms with van der Waals surface area (Å²) in [6.07, 6.45) is 2.82. The molecule has 1 rings (SSSR count). The first-order chi connectivity index (χ1) is 6.05. The monoisotopic (exact) mass is 217 g/mol. The van der Waals surface area contributed by atoms with Crippen molar-refractivity contribution in [2.24, 2.45) is 7.05 Å². The fourth-order valence-electron chi connectivity index (χ4n) is 1.21. The average molecular weight is 217 g/mol. The first kappa shape index (κ1) is 10.8. The third-order valence-electron chi connectivity index (χ3n) is 2.44. The van der Waals surface area contributed by atoms with E-state index in [-0.39, 0.29) is 4.75 Å². The molecule has 1 aromatic rings. The Morgan fingerprint density at radius 3 is 2.69 bits per heavy atom. The molecule has 0 saturated heterocycles. The highest BCUT2D eigenvalue weighted by molar-refractivity contribution is 8.69. The van der Waals surface area contributed by atoms with Gasteiger partial charge in [-0.05, 0) is 13.3 Å². The lowest BCUT2D eigenvalue weighted by Gasteiger charge is -2.25. The van der Waals surface area contributed by atoms with Gasteiger partial charge in [0.1, 0.15) is 0 Å². The molecule has 0 spiro atoms. The highest BCUT2D eigenvalue weighted by Gasteiger charge is 2.27. The van der Waals surface area contributed by atoms with Crippen LogP contribution < -0.4 is 5.73 Å². The summed E-state index contributed by atoms with van der Waals surface area (Å²) in [5.74, 6) is 0.553. The third kappa shape index (κ3) is 1.81. The average Bonchev–Trinajstić information content (AvgIpc) is 2.47. The standard InChI is InChI=1S/C8H15N3S2/c1-4-8(2,13-12)6-5-10-7(9)11(6)3/h5,12H,4H2,1-3H3,(H2,9,10). The van der Waals surface area contributed by atoms with Gasteiger partial charge in [-0.1, -0.05) is 17.7 Å². The molecule has 0 radical (unpaired) electrons. The number of hydrogen-bond acceptors (Lipinski definition) is 4. The molecule has 74 valence electrons. The van der Waals surface area contributed by atoms with Crippen LogP contribution in [0.15, 0.2) is 6.20 Å². The van der Waals surface area contributed by atoms with Crippen LogP contribution in [-0.2, 0) is 11.8 Å². The van der Waals surface area contributed by atoms with Crippen LogP contribution in [0.4, 0.5) is 5.95 Å². The number of imidazole rings is 1. The van der Waals surface area contributed by atoms with Crippen molar-refractivity contribution in [2.45, 2.75) is 25.0 Å². The van der Waals surface area contributed by atoms with Crippen molar-refractivity contribution in [3.8, 4) is 0 Å². The molecule has 1 aromatic heterocycles. The minimum Gasteiger partial charge on any atom is -0.369 e. The summed E-state index contributed by atoms with van der Waals surface area (Å²) in [5.41, 5.74) is 6.78. The first-order valence-corrected chi connectivity index (χ1v) is 6.02. The number of thiol groups is 1. The minimum atomic E-state index is -0.0114. The molecule has 1 atom stereocenters. The Bertz CT molecular complexity index is 292. The van der Waals surface area contributed by atoms with E-state index in [1.165, 1.54) is 10.8 Å². The molecule has 0 bridgehead atoms. The van der Waals surface area contributed by atoms with E-state index in [0.717, 1.165) is 12.1 Å². The molecular weight excluding hydrogens is 202 g/mol. The summed E-state index contributed by atoms with van der Waals surface area (Å²) < 4.78 is 1.90. The smallest absolute Gasteiger partial charge is 0.200 e. The quantitative estimate of drug-likeness (QED) is 0.602. The van der Waals surface area contributed by atoms with Crippen molar-refractivity contribution < 1.29 is 0 Å². The number of rotatable bonds is 3. The summed E-state index contributed by atoms with van der Waals surface area (Å²) in [4.78, 5) is 4.07.